The number of H-pyrrole nitrogens is 1. The van der Waals surface area contributed by atoms with Gasteiger partial charge in [0, 0.05) is 19.2 Å². The van der Waals surface area contributed by atoms with Gasteiger partial charge in [0.05, 0.1) is 31.8 Å². The third-order valence-corrected chi connectivity index (χ3v) is 4.09. The number of nitrogens with one attached hydrogen (secondary N) is 1. The zero-order valence-corrected chi connectivity index (χ0v) is 13.4. The molecule has 1 aliphatic heterocycles. The monoisotopic (exact) mass is 315 g/mol. The summed E-state index contributed by atoms with van der Waals surface area (Å²) in [6.07, 6.45) is 3.43. The normalized spacial score (nSPS) is 21.5. The summed E-state index contributed by atoms with van der Waals surface area (Å²) in [5.41, 5.74) is 1.91. The quantitative estimate of drug-likeness (QED) is 0.913. The second kappa shape index (κ2) is 6.83. The van der Waals surface area contributed by atoms with E-state index in [1.54, 1.807) is 19.6 Å². The van der Waals surface area contributed by atoms with Gasteiger partial charge in [-0.15, -0.1) is 0 Å². The van der Waals surface area contributed by atoms with Crippen molar-refractivity contribution in [1.29, 1.82) is 0 Å². The van der Waals surface area contributed by atoms with E-state index in [-0.39, 0.29) is 11.9 Å². The number of methoxy groups -OCH3 is 1. The first-order valence-electron chi connectivity index (χ1n) is 7.70. The fraction of sp³-hybridized carbons (Fsp3) is 0.412. The molecule has 0 spiro atoms. The molecule has 1 aromatic heterocycles. The van der Waals surface area contributed by atoms with Crippen LogP contribution >= 0.6 is 0 Å². The molecule has 1 fully saturated rings. The van der Waals surface area contributed by atoms with Gasteiger partial charge in [0.15, 0.2) is 0 Å². The molecule has 1 saturated heterocycles. The van der Waals surface area contributed by atoms with Gasteiger partial charge in [0.2, 0.25) is 0 Å². The van der Waals surface area contributed by atoms with Crippen molar-refractivity contribution in [2.75, 3.05) is 13.7 Å². The summed E-state index contributed by atoms with van der Waals surface area (Å²) in [5, 5.41) is 0. The van der Waals surface area contributed by atoms with Gasteiger partial charge in [-0.05, 0) is 24.6 Å². The number of hydrogen-bond donors (Lipinski definition) is 1. The van der Waals surface area contributed by atoms with Gasteiger partial charge < -0.3 is 19.4 Å². The molecule has 0 unspecified atom stereocenters. The molecule has 6 heteroatoms. The Kier molecular flexibility index (Phi) is 4.62. The molecule has 1 N–H and O–H groups in total. The lowest BCUT2D eigenvalue weighted by molar-refractivity contribution is -0.159. The van der Waals surface area contributed by atoms with Crippen molar-refractivity contribution in [2.24, 2.45) is 0 Å². The molecule has 6 nitrogen and oxygen atoms in total. The fourth-order valence-electron chi connectivity index (χ4n) is 2.72. The molecule has 0 aliphatic carbocycles. The zero-order valence-electron chi connectivity index (χ0n) is 13.4. The van der Waals surface area contributed by atoms with E-state index >= 15 is 0 Å². The molecule has 0 bridgehead atoms. The minimum atomic E-state index is -0.465. The molecule has 2 heterocycles. The number of carbonyl (C=O) groups excluding carboxylic acids is 1. The van der Waals surface area contributed by atoms with Gasteiger partial charge in [-0.3, -0.25) is 4.79 Å². The Morgan fingerprint density at radius 3 is 2.83 bits per heavy atom. The van der Waals surface area contributed by atoms with E-state index in [0.717, 1.165) is 17.0 Å². The van der Waals surface area contributed by atoms with Crippen LogP contribution in [0.2, 0.25) is 0 Å². The van der Waals surface area contributed by atoms with Crippen LogP contribution < -0.4 is 4.74 Å². The summed E-state index contributed by atoms with van der Waals surface area (Å²) < 4.78 is 10.9. The van der Waals surface area contributed by atoms with Gasteiger partial charge in [-0.2, -0.15) is 0 Å². The summed E-state index contributed by atoms with van der Waals surface area (Å²) in [7, 11) is 1.64. The van der Waals surface area contributed by atoms with Crippen molar-refractivity contribution in [3.8, 4) is 5.75 Å². The summed E-state index contributed by atoms with van der Waals surface area (Å²) in [5.74, 6) is 0.828. The average molecular weight is 315 g/mol. The van der Waals surface area contributed by atoms with E-state index in [2.05, 4.69) is 9.97 Å². The lowest BCUT2D eigenvalue weighted by atomic mass is 10.1. The minimum Gasteiger partial charge on any atom is -0.497 e. The second-order valence-corrected chi connectivity index (χ2v) is 5.75. The Morgan fingerprint density at radius 1 is 1.39 bits per heavy atom. The smallest absolute Gasteiger partial charge is 0.252 e. The molecule has 122 valence electrons. The number of imidazole rings is 1. The molecule has 2 aromatic rings. The molecule has 0 saturated carbocycles. The first-order valence-corrected chi connectivity index (χ1v) is 7.70. The molecule has 23 heavy (non-hydrogen) atoms. The summed E-state index contributed by atoms with van der Waals surface area (Å²) in [4.78, 5) is 21.7. The number of rotatable bonds is 5. The van der Waals surface area contributed by atoms with Crippen molar-refractivity contribution in [2.45, 2.75) is 32.0 Å². The Balaban J connectivity index is 1.69. The summed E-state index contributed by atoms with van der Waals surface area (Å²) in [6.45, 7) is 3.12. The Labute approximate surface area is 135 Å². The van der Waals surface area contributed by atoms with Crippen LogP contribution in [0.25, 0.3) is 0 Å². The van der Waals surface area contributed by atoms with Gasteiger partial charge >= 0.3 is 0 Å². The first-order chi connectivity index (χ1) is 11.2. The third kappa shape index (κ3) is 3.53. The van der Waals surface area contributed by atoms with E-state index in [1.165, 1.54) is 0 Å². The van der Waals surface area contributed by atoms with Crippen molar-refractivity contribution < 1.29 is 14.3 Å². The van der Waals surface area contributed by atoms with Crippen LogP contribution in [0.5, 0.6) is 5.75 Å². The topological polar surface area (TPSA) is 67.5 Å². The SMILES string of the molecule is COc1ccc(CN2C(=O)[C@H](Cc3c[nH]cn3)OC[C@@H]2C)cc1. The Morgan fingerprint density at radius 2 is 2.17 bits per heavy atom. The van der Waals surface area contributed by atoms with Crippen molar-refractivity contribution in [3.63, 3.8) is 0 Å². The van der Waals surface area contributed by atoms with Gasteiger partial charge in [0.1, 0.15) is 11.9 Å². The molecule has 2 atom stereocenters. The number of carbonyl (C=O) groups is 1. The lowest BCUT2D eigenvalue weighted by Crippen LogP contribution is -2.52. The Bertz CT molecular complexity index is 640. The highest BCUT2D eigenvalue weighted by molar-refractivity contribution is 5.82. The number of morpholine rings is 1. The van der Waals surface area contributed by atoms with Gasteiger partial charge in [-0.25, -0.2) is 4.98 Å². The number of benzene rings is 1. The third-order valence-electron chi connectivity index (χ3n) is 4.09. The largest absolute Gasteiger partial charge is 0.497 e. The minimum absolute atomic E-state index is 0.0163. The standard InChI is InChI=1S/C17H21N3O3/c1-12-10-23-16(7-14-8-18-11-19-14)17(21)20(12)9-13-3-5-15(22-2)6-4-13/h3-6,8,11-12,16H,7,9-10H2,1-2H3,(H,18,19)/t12-,16-/m0/s1. The summed E-state index contributed by atoms with van der Waals surface area (Å²) in [6, 6.07) is 7.84. The summed E-state index contributed by atoms with van der Waals surface area (Å²) >= 11 is 0. The lowest BCUT2D eigenvalue weighted by Gasteiger charge is -2.37. The molecule has 1 aromatic carbocycles. The molecule has 0 radical (unpaired) electrons. The van der Waals surface area contributed by atoms with Crippen LogP contribution in [0.3, 0.4) is 0 Å². The number of aromatic nitrogens is 2. The van der Waals surface area contributed by atoms with Gasteiger partial charge in [-0.1, -0.05) is 12.1 Å². The Hall–Kier alpha value is -2.34. The van der Waals surface area contributed by atoms with E-state index < -0.39 is 6.10 Å². The highest BCUT2D eigenvalue weighted by atomic mass is 16.5. The van der Waals surface area contributed by atoms with Gasteiger partial charge in [0.25, 0.3) is 5.91 Å². The maximum Gasteiger partial charge on any atom is 0.252 e. The predicted octanol–water partition coefficient (Wildman–Crippen LogP) is 1.78. The maximum absolute atomic E-state index is 12.7. The van der Waals surface area contributed by atoms with Crippen molar-refractivity contribution in [1.82, 2.24) is 14.9 Å². The van der Waals surface area contributed by atoms with E-state index in [1.807, 2.05) is 36.1 Å². The zero-order chi connectivity index (χ0) is 16.2. The number of ether oxygens (including phenoxy) is 2. The van der Waals surface area contributed by atoms with E-state index in [9.17, 15) is 4.79 Å². The highest BCUT2D eigenvalue weighted by Crippen LogP contribution is 2.20. The van der Waals surface area contributed by atoms with Crippen LogP contribution in [0.4, 0.5) is 0 Å². The van der Waals surface area contributed by atoms with E-state index in [4.69, 9.17) is 9.47 Å². The number of aromatic amines is 1. The van der Waals surface area contributed by atoms with Crippen LogP contribution in [0, 0.1) is 0 Å². The highest BCUT2D eigenvalue weighted by Gasteiger charge is 2.34. The fourth-order valence-corrected chi connectivity index (χ4v) is 2.72. The average Bonchev–Trinajstić information content (AvgIpc) is 3.08. The van der Waals surface area contributed by atoms with Crippen molar-refractivity contribution >= 4 is 5.91 Å². The van der Waals surface area contributed by atoms with Crippen LogP contribution in [-0.2, 0) is 22.5 Å². The molecule has 1 amide bonds. The second-order valence-electron chi connectivity index (χ2n) is 5.75. The number of nitrogens with zero attached hydrogens (tertiary/aromatic N) is 2. The van der Waals surface area contributed by atoms with Crippen LogP contribution in [0.15, 0.2) is 36.8 Å². The maximum atomic E-state index is 12.7. The molecular weight excluding hydrogens is 294 g/mol. The van der Waals surface area contributed by atoms with Crippen molar-refractivity contribution in [3.05, 3.63) is 48.0 Å². The van der Waals surface area contributed by atoms with Crippen LogP contribution in [-0.4, -0.2) is 46.6 Å². The molecule has 1 aliphatic rings. The van der Waals surface area contributed by atoms with Crippen LogP contribution in [0.1, 0.15) is 18.2 Å². The van der Waals surface area contributed by atoms with E-state index in [0.29, 0.717) is 19.6 Å². The number of hydrogen-bond acceptors (Lipinski definition) is 4. The number of amides is 1. The predicted molar refractivity (Wildman–Crippen MR) is 85.0 cm³/mol. The molecular formula is C17H21N3O3. The molecule has 3 rings (SSSR count). The first kappa shape index (κ1) is 15.6.